The number of aryl methyl sites for hydroxylation is 1. The van der Waals surface area contributed by atoms with Gasteiger partial charge in [-0.3, -0.25) is 9.78 Å². The number of hydrogen-bond donors (Lipinski definition) is 2. The van der Waals surface area contributed by atoms with E-state index in [1.54, 1.807) is 20.2 Å². The molecule has 0 unspecified atom stereocenters. The Bertz CT molecular complexity index is 1490. The number of hydrogen-bond acceptors (Lipinski definition) is 5. The molecule has 2 aromatic carbocycles. The number of amides is 1. The van der Waals surface area contributed by atoms with Crippen molar-refractivity contribution < 1.29 is 13.9 Å². The highest BCUT2D eigenvalue weighted by Gasteiger charge is 2.43. The van der Waals surface area contributed by atoms with Crippen LogP contribution in [0.25, 0.3) is 11.3 Å². The second-order valence-corrected chi connectivity index (χ2v) is 9.77. The number of rotatable bonds is 7. The standard InChI is InChI=1S/C29H27ClN4O3S/c1-4-26(35)32-21-11-10-19(16-25(21)36-3)34-28(27(33-29(34)38)22-7-5-6-14-31-22)24-13-12-23(37-24)20-15-18(30)9-8-17(20)2/h5-16,27-28H,4H2,1-3H3,(H,32,35)(H,33,38)/t27-,28-/m0/s1. The van der Waals surface area contributed by atoms with E-state index in [1.165, 1.54) is 0 Å². The zero-order chi connectivity index (χ0) is 26.8. The van der Waals surface area contributed by atoms with Gasteiger partial charge in [0.15, 0.2) is 5.11 Å². The molecule has 0 bridgehead atoms. The minimum absolute atomic E-state index is 0.0954. The van der Waals surface area contributed by atoms with Gasteiger partial charge < -0.3 is 24.7 Å². The number of halogens is 1. The highest BCUT2D eigenvalue weighted by atomic mass is 35.5. The zero-order valence-corrected chi connectivity index (χ0v) is 22.8. The number of thiocarbonyl (C=S) groups is 1. The molecule has 1 aliphatic rings. The Morgan fingerprint density at radius 1 is 1.18 bits per heavy atom. The highest BCUT2D eigenvalue weighted by molar-refractivity contribution is 7.80. The van der Waals surface area contributed by atoms with Gasteiger partial charge in [-0.25, -0.2) is 0 Å². The fourth-order valence-corrected chi connectivity index (χ4v) is 5.13. The first kappa shape index (κ1) is 25.8. The van der Waals surface area contributed by atoms with E-state index in [1.807, 2.05) is 78.6 Å². The van der Waals surface area contributed by atoms with E-state index in [9.17, 15) is 4.79 Å². The topological polar surface area (TPSA) is 79.6 Å². The molecular formula is C29H27ClN4O3S. The summed E-state index contributed by atoms with van der Waals surface area (Å²) in [6.07, 6.45) is 2.13. The van der Waals surface area contributed by atoms with Gasteiger partial charge in [0.2, 0.25) is 5.91 Å². The van der Waals surface area contributed by atoms with Crippen LogP contribution >= 0.6 is 23.8 Å². The predicted molar refractivity (Wildman–Crippen MR) is 154 cm³/mol. The molecule has 1 amide bonds. The van der Waals surface area contributed by atoms with Gasteiger partial charge in [0.1, 0.15) is 23.3 Å². The first-order chi connectivity index (χ1) is 18.4. The van der Waals surface area contributed by atoms with Crippen LogP contribution in [0.1, 0.15) is 42.4 Å². The maximum atomic E-state index is 12.0. The lowest BCUT2D eigenvalue weighted by atomic mass is 10.0. The van der Waals surface area contributed by atoms with Gasteiger partial charge in [-0.05, 0) is 73.2 Å². The number of benzene rings is 2. The van der Waals surface area contributed by atoms with Crippen LogP contribution in [-0.4, -0.2) is 23.1 Å². The van der Waals surface area contributed by atoms with Crippen LogP contribution in [0, 0.1) is 6.92 Å². The lowest BCUT2D eigenvalue weighted by Gasteiger charge is -2.27. The molecule has 1 aliphatic heterocycles. The molecule has 1 fully saturated rings. The molecule has 7 nitrogen and oxygen atoms in total. The van der Waals surface area contributed by atoms with E-state index in [2.05, 4.69) is 15.6 Å². The van der Waals surface area contributed by atoms with Gasteiger partial charge in [-0.15, -0.1) is 0 Å². The summed E-state index contributed by atoms with van der Waals surface area (Å²) in [4.78, 5) is 18.6. The molecule has 4 aromatic rings. The number of carbonyl (C=O) groups is 1. The molecule has 194 valence electrons. The number of ether oxygens (including phenoxy) is 1. The zero-order valence-electron chi connectivity index (χ0n) is 21.2. The molecule has 0 radical (unpaired) electrons. The van der Waals surface area contributed by atoms with Crippen LogP contribution in [0.5, 0.6) is 5.75 Å². The molecule has 3 heterocycles. The molecule has 5 rings (SSSR count). The summed E-state index contributed by atoms with van der Waals surface area (Å²) in [7, 11) is 1.57. The van der Waals surface area contributed by atoms with Crippen molar-refractivity contribution in [2.24, 2.45) is 0 Å². The third kappa shape index (κ3) is 4.97. The molecule has 38 heavy (non-hydrogen) atoms. The van der Waals surface area contributed by atoms with Crippen LogP contribution < -0.4 is 20.3 Å². The normalized spacial score (nSPS) is 16.8. The summed E-state index contributed by atoms with van der Waals surface area (Å²) < 4.78 is 12.1. The Hall–Kier alpha value is -3.88. The van der Waals surface area contributed by atoms with Crippen LogP contribution in [0.4, 0.5) is 11.4 Å². The Morgan fingerprint density at radius 2 is 2.03 bits per heavy atom. The van der Waals surface area contributed by atoms with E-state index in [0.717, 1.165) is 22.5 Å². The van der Waals surface area contributed by atoms with Crippen LogP contribution in [-0.2, 0) is 4.79 Å². The lowest BCUT2D eigenvalue weighted by Crippen LogP contribution is -2.29. The van der Waals surface area contributed by atoms with Gasteiger partial charge in [-0.2, -0.15) is 0 Å². The van der Waals surface area contributed by atoms with Crippen molar-refractivity contribution in [2.75, 3.05) is 17.3 Å². The largest absolute Gasteiger partial charge is 0.494 e. The molecular weight excluding hydrogens is 520 g/mol. The van der Waals surface area contributed by atoms with E-state index >= 15 is 0 Å². The second-order valence-electron chi connectivity index (χ2n) is 8.94. The SMILES string of the molecule is CCC(=O)Nc1ccc(N2C(=S)N[C@@H](c3ccccn3)[C@@H]2c2ccc(-c3cc(Cl)ccc3C)o2)cc1OC. The summed E-state index contributed by atoms with van der Waals surface area (Å²) >= 11 is 12.1. The Kier molecular flexibility index (Phi) is 7.35. The molecule has 0 spiro atoms. The summed E-state index contributed by atoms with van der Waals surface area (Å²) in [6.45, 7) is 3.82. The number of nitrogens with one attached hydrogen (secondary N) is 2. The van der Waals surface area contributed by atoms with Gasteiger partial charge in [0, 0.05) is 35.0 Å². The fraction of sp³-hybridized carbons (Fsp3) is 0.207. The Labute approximate surface area is 231 Å². The molecule has 1 saturated heterocycles. The maximum absolute atomic E-state index is 12.0. The Morgan fingerprint density at radius 3 is 2.76 bits per heavy atom. The number of aromatic nitrogens is 1. The summed E-state index contributed by atoms with van der Waals surface area (Å²) in [5.74, 6) is 1.86. The number of carbonyl (C=O) groups excluding carboxylic acids is 1. The minimum Gasteiger partial charge on any atom is -0.494 e. The molecule has 0 aliphatic carbocycles. The van der Waals surface area contributed by atoms with Crippen LogP contribution in [0.3, 0.4) is 0 Å². The van der Waals surface area contributed by atoms with E-state index < -0.39 is 0 Å². The van der Waals surface area contributed by atoms with Crippen molar-refractivity contribution in [1.82, 2.24) is 10.3 Å². The van der Waals surface area contributed by atoms with Gasteiger partial charge >= 0.3 is 0 Å². The monoisotopic (exact) mass is 546 g/mol. The number of anilines is 2. The third-order valence-corrected chi connectivity index (χ3v) is 7.09. The van der Waals surface area contributed by atoms with E-state index in [4.69, 9.17) is 33.0 Å². The average Bonchev–Trinajstić information content (AvgIpc) is 3.55. The van der Waals surface area contributed by atoms with Crippen molar-refractivity contribution in [1.29, 1.82) is 0 Å². The molecule has 2 aromatic heterocycles. The van der Waals surface area contributed by atoms with E-state index in [-0.39, 0.29) is 18.0 Å². The number of furan rings is 1. The summed E-state index contributed by atoms with van der Waals surface area (Å²) in [5.41, 5.74) is 4.20. The number of nitrogens with zero attached hydrogens (tertiary/aromatic N) is 2. The lowest BCUT2D eigenvalue weighted by molar-refractivity contribution is -0.115. The van der Waals surface area contributed by atoms with Crippen molar-refractivity contribution in [2.45, 2.75) is 32.4 Å². The van der Waals surface area contributed by atoms with Gasteiger partial charge in [0.05, 0.1) is 24.5 Å². The van der Waals surface area contributed by atoms with Gasteiger partial charge in [-0.1, -0.05) is 30.7 Å². The number of methoxy groups -OCH3 is 1. The van der Waals surface area contributed by atoms with Crippen molar-refractivity contribution >= 4 is 46.2 Å². The van der Waals surface area contributed by atoms with Crippen molar-refractivity contribution in [3.63, 3.8) is 0 Å². The van der Waals surface area contributed by atoms with E-state index in [0.29, 0.717) is 39.5 Å². The summed E-state index contributed by atoms with van der Waals surface area (Å²) in [5, 5.41) is 7.48. The molecule has 2 atom stereocenters. The van der Waals surface area contributed by atoms with Crippen LogP contribution in [0.15, 0.2) is 77.3 Å². The number of pyridine rings is 1. The predicted octanol–water partition coefficient (Wildman–Crippen LogP) is 6.84. The third-order valence-electron chi connectivity index (χ3n) is 6.54. The molecule has 2 N–H and O–H groups in total. The average molecular weight is 547 g/mol. The minimum atomic E-state index is -0.341. The van der Waals surface area contributed by atoms with Crippen LogP contribution in [0.2, 0.25) is 5.02 Å². The smallest absolute Gasteiger partial charge is 0.224 e. The van der Waals surface area contributed by atoms with Crippen molar-refractivity contribution in [3.05, 3.63) is 95.0 Å². The second kappa shape index (κ2) is 10.8. The van der Waals surface area contributed by atoms with Crippen molar-refractivity contribution in [3.8, 4) is 17.1 Å². The fourth-order valence-electron chi connectivity index (χ4n) is 4.61. The van der Waals surface area contributed by atoms with Gasteiger partial charge in [0.25, 0.3) is 0 Å². The molecule has 0 saturated carbocycles. The maximum Gasteiger partial charge on any atom is 0.224 e. The highest BCUT2D eigenvalue weighted by Crippen LogP contribution is 2.44. The molecule has 9 heteroatoms. The summed E-state index contributed by atoms with van der Waals surface area (Å²) in [6, 6.07) is 20.4. The Balaban J connectivity index is 1.59. The first-order valence-corrected chi connectivity index (χ1v) is 13.0. The quantitative estimate of drug-likeness (QED) is 0.246. The first-order valence-electron chi connectivity index (χ1n) is 12.2.